The van der Waals surface area contributed by atoms with E-state index < -0.39 is 0 Å². The van der Waals surface area contributed by atoms with Crippen molar-refractivity contribution in [3.8, 4) is 0 Å². The third-order valence-electron chi connectivity index (χ3n) is 2.59. The largest absolute Gasteiger partial charge is 0.392 e. The quantitative estimate of drug-likeness (QED) is 0.814. The molecule has 0 aliphatic rings. The van der Waals surface area contributed by atoms with Gasteiger partial charge in [-0.15, -0.1) is 0 Å². The van der Waals surface area contributed by atoms with Gasteiger partial charge in [0, 0.05) is 10.9 Å². The summed E-state index contributed by atoms with van der Waals surface area (Å²) in [6, 6.07) is 7.66. The van der Waals surface area contributed by atoms with Crippen LogP contribution in [0.4, 0.5) is 0 Å². The zero-order chi connectivity index (χ0) is 10.7. The number of rotatable bonds is 3. The summed E-state index contributed by atoms with van der Waals surface area (Å²) in [6.07, 6.45) is -0.295. The number of halogens is 1. The molecule has 0 radical (unpaired) electrons. The predicted octanol–water partition coefficient (Wildman–Crippen LogP) is 3.46. The fourth-order valence-electron chi connectivity index (χ4n) is 1.54. The predicted molar refractivity (Wildman–Crippen MR) is 60.7 cm³/mol. The molecule has 1 N–H and O–H groups in total. The van der Waals surface area contributed by atoms with Crippen molar-refractivity contribution in [2.24, 2.45) is 5.92 Å². The van der Waals surface area contributed by atoms with Crippen molar-refractivity contribution in [1.29, 1.82) is 0 Å². The molecule has 0 amide bonds. The van der Waals surface area contributed by atoms with Crippen molar-refractivity contribution in [3.05, 3.63) is 34.9 Å². The first-order valence-electron chi connectivity index (χ1n) is 4.96. The van der Waals surface area contributed by atoms with Gasteiger partial charge in [-0.3, -0.25) is 0 Å². The second-order valence-electron chi connectivity index (χ2n) is 4.07. The first-order valence-corrected chi connectivity index (χ1v) is 5.33. The summed E-state index contributed by atoms with van der Waals surface area (Å²) in [5.74, 6) is 0.438. The van der Waals surface area contributed by atoms with Crippen LogP contribution in [0.2, 0.25) is 5.02 Å². The highest BCUT2D eigenvalue weighted by Crippen LogP contribution is 2.24. The average Bonchev–Trinajstić information content (AvgIpc) is 2.16. The fraction of sp³-hybridized carbons (Fsp3) is 0.500. The monoisotopic (exact) mass is 212 g/mol. The van der Waals surface area contributed by atoms with Crippen LogP contribution in [0, 0.1) is 5.92 Å². The Hall–Kier alpha value is -0.530. The maximum absolute atomic E-state index is 9.88. The molecule has 78 valence electrons. The van der Waals surface area contributed by atoms with E-state index in [2.05, 4.69) is 0 Å². The molecule has 1 rings (SSSR count). The molecule has 0 aliphatic carbocycles. The number of benzene rings is 1. The molecule has 0 bridgehead atoms. The van der Waals surface area contributed by atoms with E-state index in [4.69, 9.17) is 11.6 Å². The zero-order valence-electron chi connectivity index (χ0n) is 8.87. The molecular weight excluding hydrogens is 196 g/mol. The highest BCUT2D eigenvalue weighted by molar-refractivity contribution is 6.30. The van der Waals surface area contributed by atoms with Gasteiger partial charge < -0.3 is 5.11 Å². The van der Waals surface area contributed by atoms with Gasteiger partial charge in [0.25, 0.3) is 0 Å². The number of hydrogen-bond donors (Lipinski definition) is 1. The summed E-state index contributed by atoms with van der Waals surface area (Å²) < 4.78 is 0. The van der Waals surface area contributed by atoms with E-state index in [9.17, 15) is 5.11 Å². The minimum Gasteiger partial charge on any atom is -0.392 e. The molecule has 0 aliphatic heterocycles. The van der Waals surface area contributed by atoms with Gasteiger partial charge in [0.1, 0.15) is 0 Å². The van der Waals surface area contributed by atoms with Crippen LogP contribution in [-0.4, -0.2) is 11.2 Å². The van der Waals surface area contributed by atoms with E-state index in [1.165, 1.54) is 0 Å². The van der Waals surface area contributed by atoms with Gasteiger partial charge in [-0.2, -0.15) is 0 Å². The van der Waals surface area contributed by atoms with Crippen molar-refractivity contribution in [3.63, 3.8) is 0 Å². The van der Waals surface area contributed by atoms with Crippen molar-refractivity contribution in [2.45, 2.75) is 32.8 Å². The van der Waals surface area contributed by atoms with E-state index >= 15 is 0 Å². The Morgan fingerprint density at radius 3 is 2.00 bits per heavy atom. The van der Waals surface area contributed by atoms with Gasteiger partial charge in [0.2, 0.25) is 0 Å². The molecule has 0 saturated heterocycles. The zero-order valence-corrected chi connectivity index (χ0v) is 9.62. The Morgan fingerprint density at radius 1 is 1.07 bits per heavy atom. The van der Waals surface area contributed by atoms with Crippen LogP contribution in [0.3, 0.4) is 0 Å². The van der Waals surface area contributed by atoms with Gasteiger partial charge in [-0.05, 0) is 23.6 Å². The molecule has 2 atom stereocenters. The van der Waals surface area contributed by atoms with E-state index in [1.807, 2.05) is 45.0 Å². The summed E-state index contributed by atoms with van der Waals surface area (Å²) in [6.45, 7) is 6.09. The standard InChI is InChI=1S/C12H17ClO/c1-8(2)12(14)9(3)10-4-6-11(13)7-5-10/h4-9,12,14H,1-3H3. The van der Waals surface area contributed by atoms with Crippen LogP contribution >= 0.6 is 11.6 Å². The first kappa shape index (κ1) is 11.5. The first-order chi connectivity index (χ1) is 6.52. The highest BCUT2D eigenvalue weighted by atomic mass is 35.5. The summed E-state index contributed by atoms with van der Waals surface area (Å²) in [4.78, 5) is 0. The number of aliphatic hydroxyl groups excluding tert-OH is 1. The molecule has 2 unspecified atom stereocenters. The lowest BCUT2D eigenvalue weighted by Crippen LogP contribution is -2.21. The molecule has 0 fully saturated rings. The normalized spacial score (nSPS) is 15.6. The SMILES string of the molecule is CC(C)C(O)C(C)c1ccc(Cl)cc1. The molecule has 0 heterocycles. The third-order valence-corrected chi connectivity index (χ3v) is 2.84. The second-order valence-corrected chi connectivity index (χ2v) is 4.51. The summed E-state index contributed by atoms with van der Waals surface area (Å²) in [5, 5.41) is 10.6. The summed E-state index contributed by atoms with van der Waals surface area (Å²) in [7, 11) is 0. The Morgan fingerprint density at radius 2 is 1.57 bits per heavy atom. The van der Waals surface area contributed by atoms with Crippen LogP contribution in [0.25, 0.3) is 0 Å². The second kappa shape index (κ2) is 4.81. The third kappa shape index (κ3) is 2.73. The Bertz CT molecular complexity index is 279. The molecule has 14 heavy (non-hydrogen) atoms. The number of hydrogen-bond acceptors (Lipinski definition) is 1. The topological polar surface area (TPSA) is 20.2 Å². The van der Waals surface area contributed by atoms with E-state index in [1.54, 1.807) is 0 Å². The van der Waals surface area contributed by atoms with Gasteiger partial charge >= 0.3 is 0 Å². The van der Waals surface area contributed by atoms with Gasteiger partial charge in [0.05, 0.1) is 6.10 Å². The Labute approximate surface area is 90.7 Å². The van der Waals surface area contributed by atoms with Gasteiger partial charge in [-0.25, -0.2) is 0 Å². The minimum atomic E-state index is -0.295. The van der Waals surface area contributed by atoms with Crippen LogP contribution in [0.5, 0.6) is 0 Å². The number of aliphatic hydroxyl groups is 1. The fourth-order valence-corrected chi connectivity index (χ4v) is 1.67. The highest BCUT2D eigenvalue weighted by Gasteiger charge is 2.18. The van der Waals surface area contributed by atoms with E-state index in [0.29, 0.717) is 0 Å². The maximum atomic E-state index is 9.88. The molecule has 1 nitrogen and oxygen atoms in total. The summed E-state index contributed by atoms with van der Waals surface area (Å²) in [5.41, 5.74) is 1.13. The van der Waals surface area contributed by atoms with Crippen molar-refractivity contribution in [1.82, 2.24) is 0 Å². The lowest BCUT2D eigenvalue weighted by atomic mass is 9.89. The van der Waals surface area contributed by atoms with E-state index in [0.717, 1.165) is 10.6 Å². The average molecular weight is 213 g/mol. The molecule has 2 heteroatoms. The molecule has 1 aromatic carbocycles. The smallest absolute Gasteiger partial charge is 0.0628 e. The van der Waals surface area contributed by atoms with Crippen LogP contribution in [-0.2, 0) is 0 Å². The molecule has 0 spiro atoms. The lowest BCUT2D eigenvalue weighted by molar-refractivity contribution is 0.102. The van der Waals surface area contributed by atoms with Gasteiger partial charge in [-0.1, -0.05) is 44.5 Å². The molecule has 0 aromatic heterocycles. The van der Waals surface area contributed by atoms with Crippen molar-refractivity contribution in [2.75, 3.05) is 0 Å². The van der Waals surface area contributed by atoms with Gasteiger partial charge in [0.15, 0.2) is 0 Å². The molecule has 0 saturated carbocycles. The van der Waals surface area contributed by atoms with Crippen molar-refractivity contribution >= 4 is 11.6 Å². The molecule has 1 aromatic rings. The minimum absolute atomic E-state index is 0.160. The molecular formula is C12H17ClO. The maximum Gasteiger partial charge on any atom is 0.0628 e. The Kier molecular flexibility index (Phi) is 3.97. The summed E-state index contributed by atoms with van der Waals surface area (Å²) >= 11 is 5.80. The lowest BCUT2D eigenvalue weighted by Gasteiger charge is -2.22. The van der Waals surface area contributed by atoms with Crippen LogP contribution in [0.15, 0.2) is 24.3 Å². The van der Waals surface area contributed by atoms with E-state index in [-0.39, 0.29) is 17.9 Å². The Balaban J connectivity index is 2.78. The van der Waals surface area contributed by atoms with Crippen LogP contribution < -0.4 is 0 Å². The van der Waals surface area contributed by atoms with Crippen molar-refractivity contribution < 1.29 is 5.11 Å². The van der Waals surface area contributed by atoms with Crippen LogP contribution in [0.1, 0.15) is 32.3 Å².